The summed E-state index contributed by atoms with van der Waals surface area (Å²) in [5.74, 6) is -0.221. The third kappa shape index (κ3) is 3.70. The Morgan fingerprint density at radius 3 is 2.59 bits per heavy atom. The van der Waals surface area contributed by atoms with Crippen LogP contribution in [0.5, 0.6) is 0 Å². The fourth-order valence-corrected chi connectivity index (χ4v) is 4.23. The van der Waals surface area contributed by atoms with Gasteiger partial charge in [-0.25, -0.2) is 8.42 Å². The van der Waals surface area contributed by atoms with Crippen LogP contribution in [-0.4, -0.2) is 42.8 Å². The largest absolute Gasteiger partial charge is 0.351 e. The van der Waals surface area contributed by atoms with Gasteiger partial charge >= 0.3 is 0 Å². The predicted octanol–water partition coefficient (Wildman–Crippen LogP) is 1.73. The molecule has 1 saturated heterocycles. The highest BCUT2D eigenvalue weighted by Crippen LogP contribution is 2.22. The van der Waals surface area contributed by atoms with Crippen molar-refractivity contribution in [2.24, 2.45) is 7.05 Å². The van der Waals surface area contributed by atoms with E-state index in [9.17, 15) is 13.2 Å². The summed E-state index contributed by atoms with van der Waals surface area (Å²) in [5, 5.41) is 2.84. The van der Waals surface area contributed by atoms with Crippen LogP contribution < -0.4 is 5.32 Å². The van der Waals surface area contributed by atoms with E-state index in [0.717, 1.165) is 32.1 Å². The van der Waals surface area contributed by atoms with Gasteiger partial charge in [-0.1, -0.05) is 19.8 Å². The first-order valence-electron chi connectivity index (χ1n) is 7.91. The Balaban J connectivity index is 2.09. The summed E-state index contributed by atoms with van der Waals surface area (Å²) in [5.41, 5.74) is 0.384. The molecule has 6 nitrogen and oxygen atoms in total. The number of amides is 1. The summed E-state index contributed by atoms with van der Waals surface area (Å²) in [4.78, 5) is 12.4. The number of rotatable bonds is 7. The van der Waals surface area contributed by atoms with E-state index in [-0.39, 0.29) is 10.8 Å². The summed E-state index contributed by atoms with van der Waals surface area (Å²) >= 11 is 0. The zero-order valence-electron chi connectivity index (χ0n) is 13.3. The molecule has 7 heteroatoms. The SMILES string of the molecule is CCCCCNC(=O)c1cc(S(=O)(=O)N2CCCC2)cn1C. The number of aromatic nitrogens is 1. The molecule has 22 heavy (non-hydrogen) atoms. The number of unbranched alkanes of at least 4 members (excludes halogenated alkanes) is 2. The minimum atomic E-state index is -3.47. The summed E-state index contributed by atoms with van der Waals surface area (Å²) < 4.78 is 28.1. The van der Waals surface area contributed by atoms with Crippen molar-refractivity contribution in [1.29, 1.82) is 0 Å². The first-order chi connectivity index (χ1) is 10.5. The first-order valence-corrected chi connectivity index (χ1v) is 9.35. The van der Waals surface area contributed by atoms with Crippen LogP contribution in [0.3, 0.4) is 0 Å². The zero-order chi connectivity index (χ0) is 16.2. The van der Waals surface area contributed by atoms with Gasteiger partial charge in [0.05, 0.1) is 0 Å². The van der Waals surface area contributed by atoms with E-state index in [2.05, 4.69) is 12.2 Å². The van der Waals surface area contributed by atoms with Crippen LogP contribution in [0, 0.1) is 0 Å². The summed E-state index contributed by atoms with van der Waals surface area (Å²) in [6.07, 6.45) is 6.42. The van der Waals surface area contributed by atoms with Crippen LogP contribution in [0.15, 0.2) is 17.2 Å². The lowest BCUT2D eigenvalue weighted by Crippen LogP contribution is -2.27. The molecule has 1 aromatic rings. The van der Waals surface area contributed by atoms with Crippen LogP contribution in [0.1, 0.15) is 49.5 Å². The molecule has 0 bridgehead atoms. The van der Waals surface area contributed by atoms with E-state index in [1.165, 1.54) is 16.6 Å². The molecule has 0 unspecified atom stereocenters. The fourth-order valence-electron chi connectivity index (χ4n) is 2.65. The number of nitrogens with zero attached hydrogens (tertiary/aromatic N) is 2. The monoisotopic (exact) mass is 327 g/mol. The van der Waals surface area contributed by atoms with E-state index < -0.39 is 10.0 Å². The first kappa shape index (κ1) is 17.0. The van der Waals surface area contributed by atoms with Gasteiger partial charge in [-0.15, -0.1) is 0 Å². The molecule has 0 spiro atoms. The number of sulfonamides is 1. The lowest BCUT2D eigenvalue weighted by atomic mass is 10.2. The van der Waals surface area contributed by atoms with Crippen molar-refractivity contribution in [2.45, 2.75) is 43.9 Å². The minimum Gasteiger partial charge on any atom is -0.351 e. The molecule has 2 heterocycles. The molecule has 1 aliphatic heterocycles. The highest BCUT2D eigenvalue weighted by molar-refractivity contribution is 7.89. The van der Waals surface area contributed by atoms with Crippen molar-refractivity contribution in [2.75, 3.05) is 19.6 Å². The average Bonchev–Trinajstić information content (AvgIpc) is 3.13. The topological polar surface area (TPSA) is 71.4 Å². The Labute approximate surface area is 132 Å². The fraction of sp³-hybridized carbons (Fsp3) is 0.667. The second-order valence-electron chi connectivity index (χ2n) is 5.75. The maximum absolute atomic E-state index is 12.5. The van der Waals surface area contributed by atoms with E-state index >= 15 is 0 Å². The third-order valence-electron chi connectivity index (χ3n) is 3.98. The quantitative estimate of drug-likeness (QED) is 0.775. The van der Waals surface area contributed by atoms with E-state index in [4.69, 9.17) is 0 Å². The maximum atomic E-state index is 12.5. The highest BCUT2D eigenvalue weighted by atomic mass is 32.2. The van der Waals surface area contributed by atoms with Crippen molar-refractivity contribution in [3.05, 3.63) is 18.0 Å². The standard InChI is InChI=1S/C15H25N3O3S/c1-3-4-5-8-16-15(19)14-11-13(12-17(14)2)22(20,21)18-9-6-7-10-18/h11-12H,3-10H2,1-2H3,(H,16,19). The molecule has 1 aliphatic rings. The van der Waals surface area contributed by atoms with Crippen molar-refractivity contribution in [3.63, 3.8) is 0 Å². The van der Waals surface area contributed by atoms with Crippen LogP contribution in [0.4, 0.5) is 0 Å². The number of aryl methyl sites for hydroxylation is 1. The average molecular weight is 327 g/mol. The number of hydrogen-bond donors (Lipinski definition) is 1. The molecule has 1 amide bonds. The normalized spacial score (nSPS) is 16.1. The van der Waals surface area contributed by atoms with Crippen LogP contribution in [-0.2, 0) is 17.1 Å². The maximum Gasteiger partial charge on any atom is 0.267 e. The Kier molecular flexibility index (Phi) is 5.63. The van der Waals surface area contributed by atoms with Crippen LogP contribution >= 0.6 is 0 Å². The van der Waals surface area contributed by atoms with Gasteiger partial charge in [0.15, 0.2) is 0 Å². The Morgan fingerprint density at radius 1 is 1.27 bits per heavy atom. The minimum absolute atomic E-state index is 0.204. The Morgan fingerprint density at radius 2 is 1.95 bits per heavy atom. The number of carbonyl (C=O) groups is 1. The van der Waals surface area contributed by atoms with Crippen LogP contribution in [0.25, 0.3) is 0 Å². The number of hydrogen-bond acceptors (Lipinski definition) is 3. The molecule has 1 fully saturated rings. The summed E-state index contributed by atoms with van der Waals surface area (Å²) in [6, 6.07) is 1.48. The van der Waals surface area contributed by atoms with Gasteiger partial charge in [0.25, 0.3) is 5.91 Å². The molecule has 1 aromatic heterocycles. The van der Waals surface area contributed by atoms with Crippen LogP contribution in [0.2, 0.25) is 0 Å². The molecular formula is C15H25N3O3S. The van der Waals surface area contributed by atoms with Crippen molar-refractivity contribution in [3.8, 4) is 0 Å². The second-order valence-corrected chi connectivity index (χ2v) is 7.68. The van der Waals surface area contributed by atoms with Gasteiger partial charge in [0.2, 0.25) is 10.0 Å². The van der Waals surface area contributed by atoms with Gasteiger partial charge in [0, 0.05) is 32.9 Å². The highest BCUT2D eigenvalue weighted by Gasteiger charge is 2.29. The van der Waals surface area contributed by atoms with Gasteiger partial charge in [-0.3, -0.25) is 4.79 Å². The van der Waals surface area contributed by atoms with Gasteiger partial charge < -0.3 is 9.88 Å². The summed E-state index contributed by atoms with van der Waals surface area (Å²) in [7, 11) is -1.77. The second kappa shape index (κ2) is 7.28. The zero-order valence-corrected chi connectivity index (χ0v) is 14.2. The lowest BCUT2D eigenvalue weighted by Gasteiger charge is -2.13. The molecule has 0 atom stereocenters. The molecule has 0 saturated carbocycles. The van der Waals surface area contributed by atoms with Gasteiger partial charge in [0.1, 0.15) is 10.6 Å². The van der Waals surface area contributed by atoms with Crippen molar-refractivity contribution < 1.29 is 13.2 Å². The molecule has 0 aromatic carbocycles. The smallest absolute Gasteiger partial charge is 0.267 e. The molecule has 0 radical (unpaired) electrons. The van der Waals surface area contributed by atoms with Crippen molar-refractivity contribution in [1.82, 2.24) is 14.2 Å². The summed E-state index contributed by atoms with van der Waals surface area (Å²) in [6.45, 7) is 3.85. The molecule has 0 aliphatic carbocycles. The van der Waals surface area contributed by atoms with E-state index in [0.29, 0.717) is 25.3 Å². The Hall–Kier alpha value is -1.34. The molecule has 2 rings (SSSR count). The lowest BCUT2D eigenvalue weighted by molar-refractivity contribution is 0.0945. The van der Waals surface area contributed by atoms with Crippen molar-refractivity contribution >= 4 is 15.9 Å². The third-order valence-corrected chi connectivity index (χ3v) is 5.85. The molecule has 124 valence electrons. The Bertz CT molecular complexity index is 616. The van der Waals surface area contributed by atoms with E-state index in [1.807, 2.05) is 0 Å². The van der Waals surface area contributed by atoms with Gasteiger partial charge in [-0.2, -0.15) is 4.31 Å². The number of nitrogens with one attached hydrogen (secondary N) is 1. The van der Waals surface area contributed by atoms with Gasteiger partial charge in [-0.05, 0) is 25.3 Å². The predicted molar refractivity (Wildman–Crippen MR) is 85.3 cm³/mol. The van der Waals surface area contributed by atoms with E-state index in [1.54, 1.807) is 11.6 Å². The molecule has 1 N–H and O–H groups in total. The molecular weight excluding hydrogens is 302 g/mol. The number of carbonyl (C=O) groups excluding carboxylic acids is 1.